The van der Waals surface area contributed by atoms with Crippen LogP contribution in [0.25, 0.3) is 11.1 Å². The first kappa shape index (κ1) is 47.4. The van der Waals surface area contributed by atoms with Crippen LogP contribution in [0.2, 0.25) is 5.02 Å². The van der Waals surface area contributed by atoms with Crippen LogP contribution in [-0.2, 0) is 24.6 Å². The van der Waals surface area contributed by atoms with Gasteiger partial charge in [-0.1, -0.05) is 73.1 Å². The van der Waals surface area contributed by atoms with Crippen LogP contribution in [-0.4, -0.2) is 90.9 Å². The van der Waals surface area contributed by atoms with Crippen molar-refractivity contribution < 1.29 is 39.5 Å². The lowest BCUT2D eigenvalue weighted by Gasteiger charge is -2.37. The smallest absolute Gasteiger partial charge is 0.380 e. The van der Waals surface area contributed by atoms with E-state index >= 15 is 0 Å². The summed E-state index contributed by atoms with van der Waals surface area (Å²) >= 11 is 7.59. The fourth-order valence-electron chi connectivity index (χ4n) is 8.19. The van der Waals surface area contributed by atoms with Crippen LogP contribution < -0.4 is 14.9 Å². The van der Waals surface area contributed by atoms with E-state index in [0.29, 0.717) is 67.9 Å². The molecule has 7 rings (SSSR count). The predicted octanol–water partition coefficient (Wildman–Crippen LogP) is 9.73. The van der Waals surface area contributed by atoms with E-state index in [4.69, 9.17) is 16.3 Å². The lowest BCUT2D eigenvalue weighted by atomic mass is 9.78. The Kier molecular flexibility index (Phi) is 15.3. The number of ether oxygens (including phenoxy) is 1. The van der Waals surface area contributed by atoms with Crippen molar-refractivity contribution in [2.45, 2.75) is 58.3 Å². The summed E-state index contributed by atoms with van der Waals surface area (Å²) in [7, 11) is -10.9. The number of benzene rings is 5. The van der Waals surface area contributed by atoms with Gasteiger partial charge in [0.05, 0.1) is 23.8 Å². The third-order valence-electron chi connectivity index (χ3n) is 11.9. The first-order valence-corrected chi connectivity index (χ1v) is 25.4. The molecule has 0 radical (unpaired) electrons. The lowest BCUT2D eigenvalue weighted by molar-refractivity contribution is -0.0435. The number of morpholine rings is 1. The number of nitrogens with zero attached hydrogens (tertiary/aromatic N) is 2. The summed E-state index contributed by atoms with van der Waals surface area (Å²) in [5.74, 6) is 0.0668. The van der Waals surface area contributed by atoms with Gasteiger partial charge in [-0.05, 0) is 115 Å². The summed E-state index contributed by atoms with van der Waals surface area (Å²) in [6, 6.07) is 34.0. The molecule has 2 fully saturated rings. The molecule has 64 heavy (non-hydrogen) atoms. The molecule has 0 spiro atoms. The minimum atomic E-state index is -6.05. The maximum Gasteiger partial charge on any atom is 0.501 e. The van der Waals surface area contributed by atoms with Gasteiger partial charge in [0.15, 0.2) is 0 Å². The number of amides is 1. The highest BCUT2D eigenvalue weighted by Gasteiger charge is 2.48. The number of sulfonamides is 1. The van der Waals surface area contributed by atoms with Crippen LogP contribution >= 0.6 is 23.4 Å². The van der Waals surface area contributed by atoms with Gasteiger partial charge in [0, 0.05) is 65.7 Å². The van der Waals surface area contributed by atoms with Gasteiger partial charge in [-0.3, -0.25) is 9.69 Å². The van der Waals surface area contributed by atoms with E-state index in [1.54, 1.807) is 12.1 Å². The zero-order valence-electron chi connectivity index (χ0n) is 35.1. The van der Waals surface area contributed by atoms with Gasteiger partial charge in [0.2, 0.25) is 0 Å². The van der Waals surface area contributed by atoms with Crippen molar-refractivity contribution in [1.29, 1.82) is 0 Å². The summed E-state index contributed by atoms with van der Waals surface area (Å²) in [4.78, 5) is 16.5. The fourth-order valence-corrected chi connectivity index (χ4v) is 11.3. The van der Waals surface area contributed by atoms with Crippen LogP contribution in [0.4, 0.5) is 24.5 Å². The minimum Gasteiger partial charge on any atom is -0.380 e. The van der Waals surface area contributed by atoms with Crippen molar-refractivity contribution in [1.82, 2.24) is 9.62 Å². The largest absolute Gasteiger partial charge is 0.501 e. The summed E-state index contributed by atoms with van der Waals surface area (Å²) in [5, 5.41) is 3.68. The molecule has 2 atom stereocenters. The van der Waals surface area contributed by atoms with Crippen LogP contribution in [0.15, 0.2) is 136 Å². The molecule has 340 valence electrons. The number of nitrogens with one attached hydrogen (secondary N) is 2. The van der Waals surface area contributed by atoms with E-state index in [2.05, 4.69) is 40.2 Å². The zero-order valence-corrected chi connectivity index (χ0v) is 38.3. The molecule has 0 saturated carbocycles. The molecule has 2 aliphatic heterocycles. The molecular formula is C47H50ClF3N4O6S3. The second-order valence-electron chi connectivity index (χ2n) is 16.0. The van der Waals surface area contributed by atoms with Crippen LogP contribution in [0, 0.1) is 5.92 Å². The summed E-state index contributed by atoms with van der Waals surface area (Å²) < 4.78 is 103. The third-order valence-corrected chi connectivity index (χ3v) is 16.2. The van der Waals surface area contributed by atoms with Gasteiger partial charge in [-0.25, -0.2) is 21.6 Å². The number of sulfone groups is 1. The lowest BCUT2D eigenvalue weighted by Crippen LogP contribution is -2.39. The molecule has 0 aromatic heterocycles. The number of halogens is 4. The van der Waals surface area contributed by atoms with Crippen LogP contribution in [0.5, 0.6) is 0 Å². The van der Waals surface area contributed by atoms with Gasteiger partial charge in [-0.15, -0.1) is 11.8 Å². The number of anilines is 2. The Balaban J connectivity index is 1.02. The highest BCUT2D eigenvalue weighted by Crippen LogP contribution is 2.39. The zero-order chi connectivity index (χ0) is 45.5. The second-order valence-corrected chi connectivity index (χ2v) is 21.1. The number of alkyl halides is 3. The van der Waals surface area contributed by atoms with E-state index in [1.165, 1.54) is 35.0 Å². The molecule has 2 N–H and O–H groups in total. The SMILES string of the molecule is C[C@@H](c1ccccc1-c1ccc(Cl)cc1)C1CCN(c2ccc(C(=O)NS(=O)(=O)c3ccc(N[C@H](CCN4CCOCC4)CSc4ccccc4)c(S(=O)(=O)C(F)(F)F)c3)cc2)CC1. The van der Waals surface area contributed by atoms with Gasteiger partial charge >= 0.3 is 5.51 Å². The van der Waals surface area contributed by atoms with Crippen molar-refractivity contribution in [3.8, 4) is 11.1 Å². The van der Waals surface area contributed by atoms with Crippen molar-refractivity contribution >= 4 is 60.5 Å². The van der Waals surface area contributed by atoms with Crippen molar-refractivity contribution in [3.05, 3.63) is 137 Å². The number of carbonyl (C=O) groups excluding carboxylic acids is 1. The fraction of sp³-hybridized carbons (Fsp3) is 0.340. The number of thioether (sulfide) groups is 1. The first-order chi connectivity index (χ1) is 30.6. The Morgan fingerprint density at radius 3 is 2.17 bits per heavy atom. The quantitative estimate of drug-likeness (QED) is 0.0925. The van der Waals surface area contributed by atoms with E-state index < -0.39 is 52.8 Å². The molecule has 17 heteroatoms. The molecule has 0 aliphatic carbocycles. The number of hydrogen-bond donors (Lipinski definition) is 2. The molecule has 5 aromatic rings. The Morgan fingerprint density at radius 2 is 1.50 bits per heavy atom. The Hall–Kier alpha value is -4.58. The van der Waals surface area contributed by atoms with Crippen molar-refractivity contribution in [2.24, 2.45) is 5.92 Å². The highest BCUT2D eigenvalue weighted by atomic mass is 35.5. The molecule has 5 aromatic carbocycles. The normalized spacial score (nSPS) is 16.5. The minimum absolute atomic E-state index is 0.00455. The maximum atomic E-state index is 14.2. The molecule has 2 heterocycles. The van der Waals surface area contributed by atoms with Gasteiger partial charge < -0.3 is 15.0 Å². The Bertz CT molecular complexity index is 2590. The van der Waals surface area contributed by atoms with Crippen molar-refractivity contribution in [2.75, 3.05) is 61.9 Å². The average Bonchev–Trinajstić information content (AvgIpc) is 3.30. The average molecular weight is 956 g/mol. The monoisotopic (exact) mass is 954 g/mol. The standard InChI is InChI=1S/C47H50ClF3N4O6S3/c1-33(42-9-5-6-10-43(42)35-11-15-37(48)16-12-35)34-21-25-55(26-22-34)39-17-13-36(14-18-39)46(56)53-64(59,60)41-19-20-44(45(31-41)63(57,58)47(49,50)51)52-38(23-24-54-27-29-61-30-28-54)32-62-40-7-3-2-4-8-40/h2-20,31,33-34,38,52H,21-30,32H2,1H3,(H,53,56)/t33-,38-/m1/s1. The van der Waals surface area contributed by atoms with E-state index in [1.807, 2.05) is 65.4 Å². The molecule has 2 aliphatic rings. The highest BCUT2D eigenvalue weighted by molar-refractivity contribution is 7.99. The number of hydrogen-bond acceptors (Lipinski definition) is 10. The van der Waals surface area contributed by atoms with Gasteiger partial charge in [0.1, 0.15) is 4.90 Å². The van der Waals surface area contributed by atoms with Crippen LogP contribution in [0.1, 0.15) is 48.0 Å². The van der Waals surface area contributed by atoms with Gasteiger partial charge in [0.25, 0.3) is 25.8 Å². The van der Waals surface area contributed by atoms with Gasteiger partial charge in [-0.2, -0.15) is 13.2 Å². The molecule has 1 amide bonds. The molecule has 2 saturated heterocycles. The van der Waals surface area contributed by atoms with Crippen molar-refractivity contribution in [3.63, 3.8) is 0 Å². The summed E-state index contributed by atoms with van der Waals surface area (Å²) in [6.07, 6.45) is 2.30. The van der Waals surface area contributed by atoms with Crippen LogP contribution in [0.3, 0.4) is 0 Å². The third kappa shape index (κ3) is 11.6. The number of piperidine rings is 1. The number of carbonyl (C=O) groups is 1. The summed E-state index contributed by atoms with van der Waals surface area (Å²) in [6.45, 7) is 6.81. The Labute approximate surface area is 382 Å². The topological polar surface area (TPSA) is 125 Å². The predicted molar refractivity (Wildman–Crippen MR) is 247 cm³/mol. The molecular weight excluding hydrogens is 905 g/mol. The van der Waals surface area contributed by atoms with E-state index in [-0.39, 0.29) is 5.56 Å². The molecule has 0 unspecified atom stereocenters. The second kappa shape index (κ2) is 20.7. The Morgan fingerprint density at radius 1 is 0.844 bits per heavy atom. The van der Waals surface area contributed by atoms with E-state index in [9.17, 15) is 34.8 Å². The molecule has 0 bridgehead atoms. The molecule has 10 nitrogen and oxygen atoms in total. The summed E-state index contributed by atoms with van der Waals surface area (Å²) in [5.41, 5.74) is -1.73. The van der Waals surface area contributed by atoms with E-state index in [0.717, 1.165) is 54.2 Å². The maximum absolute atomic E-state index is 14.2. The number of rotatable bonds is 16. The first-order valence-electron chi connectivity index (χ1n) is 21.1.